The lowest BCUT2D eigenvalue weighted by molar-refractivity contribution is -0.139. The topological polar surface area (TPSA) is 84.1 Å². The van der Waals surface area contributed by atoms with Crippen LogP contribution < -0.4 is 24.4 Å². The fraction of sp³-hybridized carbons (Fsp3) is 0.258. The molecular weight excluding hydrogens is 733 g/mol. The summed E-state index contributed by atoms with van der Waals surface area (Å²) in [4.78, 5) is 32.7. The van der Waals surface area contributed by atoms with Crippen LogP contribution in [0.2, 0.25) is 0 Å². The second-order valence-electron chi connectivity index (χ2n) is 9.67. The SMILES string of the molecule is CCOC(=O)C1=C(C)N=c2s/c(=C\c3cc(C)n(-c4ccc(I)cc4)c3C)c(=O)n2[C@H]1c1cc(OC)c(OC)cc1Br. The van der Waals surface area contributed by atoms with Crippen LogP contribution >= 0.6 is 49.9 Å². The third-order valence-corrected chi connectivity index (χ3v) is 9.55. The molecule has 0 aliphatic carbocycles. The zero-order chi connectivity index (χ0) is 30.3. The minimum absolute atomic E-state index is 0.191. The van der Waals surface area contributed by atoms with Crippen LogP contribution in [0.25, 0.3) is 11.8 Å². The lowest BCUT2D eigenvalue weighted by atomic mass is 9.95. The van der Waals surface area contributed by atoms with Gasteiger partial charge in [-0.1, -0.05) is 27.3 Å². The first-order chi connectivity index (χ1) is 20.1. The molecule has 0 saturated heterocycles. The number of aromatic nitrogens is 2. The van der Waals surface area contributed by atoms with E-state index in [9.17, 15) is 9.59 Å². The van der Waals surface area contributed by atoms with Gasteiger partial charge in [-0.25, -0.2) is 9.79 Å². The second-order valence-corrected chi connectivity index (χ2v) is 12.8. The van der Waals surface area contributed by atoms with Crippen molar-refractivity contribution in [1.29, 1.82) is 0 Å². The number of benzene rings is 2. The van der Waals surface area contributed by atoms with Gasteiger partial charge in [-0.3, -0.25) is 9.36 Å². The molecule has 0 radical (unpaired) electrons. The van der Waals surface area contributed by atoms with Crippen molar-refractivity contribution < 1.29 is 19.0 Å². The molecule has 0 spiro atoms. The van der Waals surface area contributed by atoms with Crippen LogP contribution in [0.3, 0.4) is 0 Å². The molecule has 4 aromatic rings. The number of halogens is 2. The summed E-state index contributed by atoms with van der Waals surface area (Å²) < 4.78 is 22.5. The lowest BCUT2D eigenvalue weighted by Gasteiger charge is -2.26. The number of thiazole rings is 1. The van der Waals surface area contributed by atoms with Crippen LogP contribution in [-0.4, -0.2) is 35.9 Å². The Hall–Kier alpha value is -3.16. The van der Waals surface area contributed by atoms with Gasteiger partial charge in [-0.15, -0.1) is 0 Å². The number of ether oxygens (including phenoxy) is 3. The molecule has 0 bridgehead atoms. The normalized spacial score (nSPS) is 15.0. The molecule has 1 atom stereocenters. The van der Waals surface area contributed by atoms with Gasteiger partial charge in [0.15, 0.2) is 16.3 Å². The molecule has 218 valence electrons. The lowest BCUT2D eigenvalue weighted by Crippen LogP contribution is -2.40. The van der Waals surface area contributed by atoms with Gasteiger partial charge in [0.2, 0.25) is 0 Å². The van der Waals surface area contributed by atoms with Gasteiger partial charge in [0.05, 0.1) is 42.7 Å². The largest absolute Gasteiger partial charge is 0.493 e. The van der Waals surface area contributed by atoms with Crippen LogP contribution in [0.15, 0.2) is 68.0 Å². The minimum atomic E-state index is -0.796. The molecule has 2 aromatic heterocycles. The third kappa shape index (κ3) is 5.37. The number of rotatable bonds is 7. The number of carbonyl (C=O) groups excluding carboxylic acids is 1. The summed E-state index contributed by atoms with van der Waals surface area (Å²) in [6.45, 7) is 7.79. The van der Waals surface area contributed by atoms with E-state index >= 15 is 0 Å². The number of allylic oxidation sites excluding steroid dienone is 1. The van der Waals surface area contributed by atoms with E-state index in [0.29, 0.717) is 42.1 Å². The Morgan fingerprint density at radius 2 is 1.76 bits per heavy atom. The first-order valence-corrected chi connectivity index (χ1v) is 15.8. The number of aryl methyl sites for hydroxylation is 1. The number of hydrogen-bond donors (Lipinski definition) is 0. The zero-order valence-corrected chi connectivity index (χ0v) is 28.5. The quantitative estimate of drug-likeness (QED) is 0.181. The van der Waals surface area contributed by atoms with E-state index < -0.39 is 12.0 Å². The first kappa shape index (κ1) is 30.3. The van der Waals surface area contributed by atoms with Crippen molar-refractivity contribution in [3.05, 3.63) is 104 Å². The monoisotopic (exact) mass is 761 g/mol. The molecule has 0 saturated carbocycles. The van der Waals surface area contributed by atoms with E-state index in [-0.39, 0.29) is 12.2 Å². The highest BCUT2D eigenvalue weighted by molar-refractivity contribution is 14.1. The van der Waals surface area contributed by atoms with E-state index in [1.165, 1.54) is 11.3 Å². The molecular formula is C31H29BrIN3O5S. The van der Waals surface area contributed by atoms with Gasteiger partial charge in [0.1, 0.15) is 0 Å². The summed E-state index contributed by atoms with van der Waals surface area (Å²) >= 11 is 7.23. The van der Waals surface area contributed by atoms with Gasteiger partial charge in [0, 0.05) is 25.1 Å². The van der Waals surface area contributed by atoms with E-state index in [0.717, 1.165) is 26.2 Å². The number of esters is 1. The highest BCUT2D eigenvalue weighted by Crippen LogP contribution is 2.40. The number of methoxy groups -OCH3 is 2. The number of fused-ring (bicyclic) bond motifs is 1. The fourth-order valence-electron chi connectivity index (χ4n) is 5.23. The maximum atomic E-state index is 14.2. The van der Waals surface area contributed by atoms with E-state index in [4.69, 9.17) is 19.2 Å². The molecule has 5 rings (SSSR count). The average molecular weight is 762 g/mol. The predicted octanol–water partition coefficient (Wildman–Crippen LogP) is 5.59. The van der Waals surface area contributed by atoms with Gasteiger partial charge in [-0.2, -0.15) is 0 Å². The molecule has 2 aromatic carbocycles. The molecule has 8 nitrogen and oxygen atoms in total. The molecule has 0 amide bonds. The van der Waals surface area contributed by atoms with Crippen molar-refractivity contribution in [2.75, 3.05) is 20.8 Å². The number of nitrogens with zero attached hydrogens (tertiary/aromatic N) is 3. The van der Waals surface area contributed by atoms with Crippen LogP contribution in [-0.2, 0) is 9.53 Å². The van der Waals surface area contributed by atoms with Crippen molar-refractivity contribution in [1.82, 2.24) is 9.13 Å². The Labute approximate surface area is 269 Å². The maximum Gasteiger partial charge on any atom is 0.338 e. The highest BCUT2D eigenvalue weighted by Gasteiger charge is 2.35. The van der Waals surface area contributed by atoms with Crippen LogP contribution in [0.5, 0.6) is 11.5 Å². The summed E-state index contributed by atoms with van der Waals surface area (Å²) in [6, 6.07) is 13.1. The van der Waals surface area contributed by atoms with Crippen molar-refractivity contribution in [3.63, 3.8) is 0 Å². The first-order valence-electron chi connectivity index (χ1n) is 13.2. The summed E-state index contributed by atoms with van der Waals surface area (Å²) in [5.74, 6) is 0.460. The molecule has 1 aliphatic rings. The Bertz CT molecular complexity index is 1920. The minimum Gasteiger partial charge on any atom is -0.493 e. The summed E-state index contributed by atoms with van der Waals surface area (Å²) in [7, 11) is 3.09. The van der Waals surface area contributed by atoms with Crippen molar-refractivity contribution in [3.8, 4) is 17.2 Å². The number of carbonyl (C=O) groups is 1. The van der Waals surface area contributed by atoms with Gasteiger partial charge >= 0.3 is 5.97 Å². The fourth-order valence-corrected chi connectivity index (χ4v) is 7.16. The van der Waals surface area contributed by atoms with Crippen LogP contribution in [0, 0.1) is 17.4 Å². The maximum absolute atomic E-state index is 14.2. The molecule has 0 fully saturated rings. The van der Waals surface area contributed by atoms with E-state index in [2.05, 4.69) is 73.4 Å². The molecule has 42 heavy (non-hydrogen) atoms. The summed E-state index contributed by atoms with van der Waals surface area (Å²) in [5.41, 5.74) is 5.24. The molecule has 0 N–H and O–H groups in total. The Kier molecular flexibility index (Phi) is 8.81. The van der Waals surface area contributed by atoms with Gasteiger partial charge in [-0.05, 0) is 110 Å². The highest BCUT2D eigenvalue weighted by atomic mass is 127. The Morgan fingerprint density at radius 1 is 1.10 bits per heavy atom. The predicted molar refractivity (Wildman–Crippen MR) is 176 cm³/mol. The van der Waals surface area contributed by atoms with Crippen molar-refractivity contribution in [2.24, 2.45) is 4.99 Å². The second kappa shape index (κ2) is 12.2. The van der Waals surface area contributed by atoms with Gasteiger partial charge < -0.3 is 18.8 Å². The molecule has 3 heterocycles. The van der Waals surface area contributed by atoms with E-state index in [1.807, 2.05) is 19.9 Å². The summed E-state index contributed by atoms with van der Waals surface area (Å²) in [5, 5.41) is 0. The zero-order valence-electron chi connectivity index (χ0n) is 24.0. The standard InChI is InChI=1S/C31H29BrIN3O5S/c1-7-41-30(38)27-17(3)34-31-36(28(27)22-14-24(39-5)25(40-6)15-23(22)32)29(37)26(42-31)13-19-12-16(2)35(18(19)4)21-10-8-20(33)9-11-21/h8-15,28H,7H2,1-6H3/b26-13-/t28-/m0/s1. The van der Waals surface area contributed by atoms with Crippen molar-refractivity contribution >= 4 is 61.9 Å². The average Bonchev–Trinajstić information content (AvgIpc) is 3.42. The Morgan fingerprint density at radius 3 is 2.40 bits per heavy atom. The van der Waals surface area contributed by atoms with Crippen molar-refractivity contribution in [2.45, 2.75) is 33.7 Å². The summed E-state index contributed by atoms with van der Waals surface area (Å²) in [6.07, 6.45) is 1.90. The molecule has 1 aliphatic heterocycles. The van der Waals surface area contributed by atoms with E-state index in [1.54, 1.807) is 44.8 Å². The Balaban J connectivity index is 1.73. The van der Waals surface area contributed by atoms with Gasteiger partial charge in [0.25, 0.3) is 5.56 Å². The molecule has 11 heteroatoms. The third-order valence-electron chi connectivity index (χ3n) is 7.16. The van der Waals surface area contributed by atoms with Crippen LogP contribution in [0.1, 0.15) is 42.4 Å². The number of hydrogen-bond acceptors (Lipinski definition) is 7. The molecule has 0 unspecified atom stereocenters. The smallest absolute Gasteiger partial charge is 0.338 e. The van der Waals surface area contributed by atoms with Crippen LogP contribution in [0.4, 0.5) is 0 Å².